The van der Waals surface area contributed by atoms with E-state index in [-0.39, 0.29) is 16.5 Å². The number of aromatic nitrogens is 3. The highest BCUT2D eigenvalue weighted by atomic mass is 32.2. The van der Waals surface area contributed by atoms with Crippen molar-refractivity contribution in [3.63, 3.8) is 0 Å². The fraction of sp³-hybridized carbons (Fsp3) is 0.333. The first-order chi connectivity index (χ1) is 12.7. The maximum atomic E-state index is 14.2. The molecule has 144 valence electrons. The standard InChI is InChI=1S/C18H21FN4O3S/c1-6-15-20-18(26-21-15)16-11(3)23(5)12(4)17(16)27(24,25)22-14-8-7-10(2)9-13(14)19/h7-9,22H,6H2,1-5H3. The molecule has 1 aromatic carbocycles. The zero-order chi connectivity index (χ0) is 19.9. The van der Waals surface area contributed by atoms with Gasteiger partial charge in [0.25, 0.3) is 15.9 Å². The van der Waals surface area contributed by atoms with Crippen molar-refractivity contribution in [3.8, 4) is 11.5 Å². The Morgan fingerprint density at radius 1 is 1.22 bits per heavy atom. The molecule has 0 spiro atoms. The summed E-state index contributed by atoms with van der Waals surface area (Å²) in [7, 11) is -2.35. The Balaban J connectivity index is 2.16. The minimum atomic E-state index is -4.10. The van der Waals surface area contributed by atoms with Crippen molar-refractivity contribution in [2.45, 2.75) is 39.0 Å². The summed E-state index contributed by atoms with van der Waals surface area (Å²) in [5.74, 6) is -0.0407. The van der Waals surface area contributed by atoms with Crippen molar-refractivity contribution in [1.29, 1.82) is 0 Å². The van der Waals surface area contributed by atoms with E-state index in [1.165, 1.54) is 12.1 Å². The van der Waals surface area contributed by atoms with Crippen molar-refractivity contribution in [3.05, 3.63) is 46.8 Å². The van der Waals surface area contributed by atoms with Crippen LogP contribution in [0.4, 0.5) is 10.1 Å². The van der Waals surface area contributed by atoms with Gasteiger partial charge in [-0.05, 0) is 38.5 Å². The Labute approximate surface area is 157 Å². The first-order valence-corrected chi connectivity index (χ1v) is 9.91. The van der Waals surface area contributed by atoms with Crippen LogP contribution in [-0.2, 0) is 23.5 Å². The lowest BCUT2D eigenvalue weighted by atomic mass is 10.2. The number of anilines is 1. The number of nitrogens with one attached hydrogen (secondary N) is 1. The van der Waals surface area contributed by atoms with E-state index in [1.807, 2.05) is 6.92 Å². The molecule has 0 aliphatic carbocycles. The largest absolute Gasteiger partial charge is 0.350 e. The summed E-state index contributed by atoms with van der Waals surface area (Å²) in [6.45, 7) is 7.04. The summed E-state index contributed by atoms with van der Waals surface area (Å²) in [5.41, 5.74) is 2.04. The molecule has 0 unspecified atom stereocenters. The Kier molecular flexibility index (Phi) is 4.81. The molecule has 2 heterocycles. The molecular weight excluding hydrogens is 371 g/mol. The molecule has 3 aromatic rings. The fourth-order valence-electron chi connectivity index (χ4n) is 2.90. The van der Waals surface area contributed by atoms with Crippen LogP contribution in [0.2, 0.25) is 0 Å². The van der Waals surface area contributed by atoms with Gasteiger partial charge in [0.05, 0.1) is 11.3 Å². The van der Waals surface area contributed by atoms with Gasteiger partial charge < -0.3 is 9.09 Å². The molecule has 1 N–H and O–H groups in total. The second-order valence-corrected chi connectivity index (χ2v) is 8.01. The van der Waals surface area contributed by atoms with E-state index in [9.17, 15) is 12.8 Å². The predicted molar refractivity (Wildman–Crippen MR) is 99.5 cm³/mol. The van der Waals surface area contributed by atoms with Gasteiger partial charge in [0, 0.05) is 24.9 Å². The molecule has 0 amide bonds. The maximum absolute atomic E-state index is 14.2. The van der Waals surface area contributed by atoms with E-state index in [0.29, 0.717) is 34.8 Å². The smallest absolute Gasteiger partial charge is 0.264 e. The van der Waals surface area contributed by atoms with Crippen molar-refractivity contribution < 1.29 is 17.3 Å². The third-order valence-electron chi connectivity index (χ3n) is 4.56. The molecule has 0 aliphatic heterocycles. The van der Waals surface area contributed by atoms with Crippen LogP contribution in [-0.4, -0.2) is 23.1 Å². The molecule has 0 bridgehead atoms. The van der Waals surface area contributed by atoms with Crippen LogP contribution in [0.1, 0.15) is 29.7 Å². The zero-order valence-electron chi connectivity index (χ0n) is 15.8. The molecule has 3 rings (SSSR count). The van der Waals surface area contributed by atoms with E-state index in [2.05, 4.69) is 14.9 Å². The number of rotatable bonds is 5. The molecule has 0 saturated carbocycles. The molecule has 0 aliphatic rings. The zero-order valence-corrected chi connectivity index (χ0v) is 16.6. The predicted octanol–water partition coefficient (Wildman–Crippen LogP) is 3.50. The molecular formula is C18H21FN4O3S. The molecule has 0 saturated heterocycles. The maximum Gasteiger partial charge on any atom is 0.264 e. The summed E-state index contributed by atoms with van der Waals surface area (Å²) in [5, 5.41) is 3.85. The highest BCUT2D eigenvalue weighted by molar-refractivity contribution is 7.93. The molecule has 9 heteroatoms. The Morgan fingerprint density at radius 2 is 1.93 bits per heavy atom. The summed E-state index contributed by atoms with van der Waals surface area (Å²) in [6, 6.07) is 4.30. The third kappa shape index (κ3) is 3.34. The van der Waals surface area contributed by atoms with Gasteiger partial charge >= 0.3 is 0 Å². The first kappa shape index (κ1) is 19.1. The van der Waals surface area contributed by atoms with Crippen molar-refractivity contribution >= 4 is 15.7 Å². The fourth-order valence-corrected chi connectivity index (χ4v) is 4.48. The Hall–Kier alpha value is -2.68. The van der Waals surface area contributed by atoms with Crippen molar-refractivity contribution in [2.75, 3.05) is 4.72 Å². The minimum Gasteiger partial charge on any atom is -0.350 e. The van der Waals surface area contributed by atoms with Gasteiger partial charge in [-0.1, -0.05) is 18.1 Å². The van der Waals surface area contributed by atoms with Crippen LogP contribution in [0.3, 0.4) is 0 Å². The van der Waals surface area contributed by atoms with Crippen molar-refractivity contribution in [1.82, 2.24) is 14.7 Å². The summed E-state index contributed by atoms with van der Waals surface area (Å²) in [6.07, 6.45) is 0.559. The first-order valence-electron chi connectivity index (χ1n) is 8.43. The normalized spacial score (nSPS) is 11.8. The lowest BCUT2D eigenvalue weighted by Crippen LogP contribution is -2.16. The molecule has 0 atom stereocenters. The van der Waals surface area contributed by atoms with Crippen LogP contribution >= 0.6 is 0 Å². The van der Waals surface area contributed by atoms with E-state index in [0.717, 1.165) is 0 Å². The highest BCUT2D eigenvalue weighted by Crippen LogP contribution is 2.35. The number of halogens is 1. The molecule has 0 fully saturated rings. The van der Waals surface area contributed by atoms with Gasteiger partial charge in [-0.3, -0.25) is 4.72 Å². The van der Waals surface area contributed by atoms with Gasteiger partial charge in [0.15, 0.2) is 5.82 Å². The van der Waals surface area contributed by atoms with Gasteiger partial charge in [-0.2, -0.15) is 4.98 Å². The van der Waals surface area contributed by atoms with E-state index < -0.39 is 15.8 Å². The SMILES string of the molecule is CCc1noc(-c2c(S(=O)(=O)Nc3ccc(C)cc3F)c(C)n(C)c2C)n1. The van der Waals surface area contributed by atoms with Gasteiger partial charge in [0.2, 0.25) is 0 Å². The highest BCUT2D eigenvalue weighted by Gasteiger charge is 2.31. The topological polar surface area (TPSA) is 90.0 Å². The van der Waals surface area contributed by atoms with Crippen LogP contribution in [0.5, 0.6) is 0 Å². The van der Waals surface area contributed by atoms with E-state index in [4.69, 9.17) is 4.52 Å². The van der Waals surface area contributed by atoms with Gasteiger partial charge in [-0.25, -0.2) is 12.8 Å². The Morgan fingerprint density at radius 3 is 2.52 bits per heavy atom. The molecule has 7 nitrogen and oxygen atoms in total. The quantitative estimate of drug-likeness (QED) is 0.718. The number of aryl methyl sites for hydroxylation is 2. The second-order valence-electron chi connectivity index (χ2n) is 6.39. The van der Waals surface area contributed by atoms with Gasteiger partial charge in [0.1, 0.15) is 10.7 Å². The summed E-state index contributed by atoms with van der Waals surface area (Å²) < 4.78 is 49.7. The van der Waals surface area contributed by atoms with E-state index in [1.54, 1.807) is 38.5 Å². The summed E-state index contributed by atoms with van der Waals surface area (Å²) >= 11 is 0. The van der Waals surface area contributed by atoms with Crippen LogP contribution < -0.4 is 4.72 Å². The summed E-state index contributed by atoms with van der Waals surface area (Å²) in [4.78, 5) is 4.26. The number of benzene rings is 1. The molecule has 0 radical (unpaired) electrons. The van der Waals surface area contributed by atoms with Crippen LogP contribution in [0, 0.1) is 26.6 Å². The third-order valence-corrected chi connectivity index (χ3v) is 6.09. The number of sulfonamides is 1. The van der Waals surface area contributed by atoms with Crippen LogP contribution in [0.25, 0.3) is 11.5 Å². The second kappa shape index (κ2) is 6.80. The average Bonchev–Trinajstić information content (AvgIpc) is 3.16. The Bertz CT molecular complexity index is 1120. The average molecular weight is 392 g/mol. The molecule has 2 aromatic heterocycles. The lowest BCUT2D eigenvalue weighted by Gasteiger charge is -2.10. The number of hydrogen-bond donors (Lipinski definition) is 1. The molecule has 27 heavy (non-hydrogen) atoms. The lowest BCUT2D eigenvalue weighted by molar-refractivity contribution is 0.422. The number of hydrogen-bond acceptors (Lipinski definition) is 5. The monoisotopic (exact) mass is 392 g/mol. The van der Waals surface area contributed by atoms with Crippen LogP contribution in [0.15, 0.2) is 27.6 Å². The van der Waals surface area contributed by atoms with Crippen molar-refractivity contribution in [2.24, 2.45) is 7.05 Å². The van der Waals surface area contributed by atoms with E-state index >= 15 is 0 Å². The minimum absolute atomic E-state index is 0.00576. The van der Waals surface area contributed by atoms with Gasteiger partial charge in [-0.15, -0.1) is 0 Å². The number of nitrogens with zero attached hydrogens (tertiary/aromatic N) is 3.